The highest BCUT2D eigenvalue weighted by Gasteiger charge is 2.48. The maximum atomic E-state index is 11.0. The van der Waals surface area contributed by atoms with Crippen molar-refractivity contribution in [2.75, 3.05) is 12.3 Å². The van der Waals surface area contributed by atoms with E-state index in [2.05, 4.69) is 9.51 Å². The third-order valence-electron chi connectivity index (χ3n) is 2.89. The number of aliphatic hydroxyl groups is 2. The number of aromatic nitrogens is 2. The second-order valence-electron chi connectivity index (χ2n) is 4.33. The standard InChI is InChI=1S/C9H14N3O8P/c10-9-11-5(14)1-2-12(9)8-6(15)7(4(3-13)19-8)20-21(16,17)18/h1-2,4,6-8,13,15H,3H2,(H2,10,11,14)(H2,16,17,18)/t4-,6-,7-,8-/m1/s1. The highest BCUT2D eigenvalue weighted by Crippen LogP contribution is 2.43. The highest BCUT2D eigenvalue weighted by molar-refractivity contribution is 7.46. The molecule has 1 aromatic rings. The van der Waals surface area contributed by atoms with Crippen LogP contribution in [0.3, 0.4) is 0 Å². The van der Waals surface area contributed by atoms with Crippen molar-refractivity contribution < 1.29 is 33.8 Å². The van der Waals surface area contributed by atoms with Crippen molar-refractivity contribution in [3.05, 3.63) is 22.6 Å². The molecule has 0 spiro atoms. The predicted molar refractivity (Wildman–Crippen MR) is 66.8 cm³/mol. The third-order valence-corrected chi connectivity index (χ3v) is 3.41. The van der Waals surface area contributed by atoms with Gasteiger partial charge in [-0.15, -0.1) is 0 Å². The smallest absolute Gasteiger partial charge is 0.394 e. The number of nitrogens with zero attached hydrogens (tertiary/aromatic N) is 2. The molecule has 12 heteroatoms. The molecule has 4 atom stereocenters. The minimum Gasteiger partial charge on any atom is -0.394 e. The molecule has 0 bridgehead atoms. The Balaban J connectivity index is 2.30. The molecule has 0 unspecified atom stereocenters. The van der Waals surface area contributed by atoms with Crippen LogP contribution in [0.4, 0.5) is 5.95 Å². The monoisotopic (exact) mass is 323 g/mol. The van der Waals surface area contributed by atoms with Gasteiger partial charge in [0.2, 0.25) is 5.95 Å². The van der Waals surface area contributed by atoms with E-state index in [4.69, 9.17) is 25.4 Å². The van der Waals surface area contributed by atoms with E-state index in [0.717, 1.165) is 10.6 Å². The van der Waals surface area contributed by atoms with Gasteiger partial charge in [-0.25, -0.2) is 4.57 Å². The molecule has 0 aliphatic carbocycles. The van der Waals surface area contributed by atoms with E-state index in [0.29, 0.717) is 0 Å². The molecule has 6 N–H and O–H groups in total. The lowest BCUT2D eigenvalue weighted by Gasteiger charge is -2.21. The topological polar surface area (TPSA) is 177 Å². The second kappa shape index (κ2) is 5.81. The fourth-order valence-corrected chi connectivity index (χ4v) is 2.61. The van der Waals surface area contributed by atoms with Crippen molar-refractivity contribution in [3.8, 4) is 0 Å². The summed E-state index contributed by atoms with van der Waals surface area (Å²) in [6.07, 6.45) is -4.21. The number of aliphatic hydroxyl groups excluding tert-OH is 2. The quantitative estimate of drug-likeness (QED) is 0.374. The van der Waals surface area contributed by atoms with Gasteiger partial charge in [-0.3, -0.25) is 13.9 Å². The van der Waals surface area contributed by atoms with Gasteiger partial charge in [-0.05, 0) is 0 Å². The van der Waals surface area contributed by atoms with Crippen LogP contribution in [0, 0.1) is 0 Å². The molecule has 1 aliphatic heterocycles. The molecule has 0 amide bonds. The predicted octanol–water partition coefficient (Wildman–Crippen LogP) is -2.45. The molecule has 21 heavy (non-hydrogen) atoms. The van der Waals surface area contributed by atoms with Crippen LogP contribution in [0.1, 0.15) is 6.23 Å². The third kappa shape index (κ3) is 3.47. The highest BCUT2D eigenvalue weighted by atomic mass is 31.2. The molecule has 0 aromatic carbocycles. The Labute approximate surface area is 117 Å². The van der Waals surface area contributed by atoms with Crippen LogP contribution in [0.25, 0.3) is 0 Å². The van der Waals surface area contributed by atoms with E-state index >= 15 is 0 Å². The van der Waals surface area contributed by atoms with Gasteiger partial charge in [-0.1, -0.05) is 0 Å². The van der Waals surface area contributed by atoms with Gasteiger partial charge in [0.1, 0.15) is 18.3 Å². The van der Waals surface area contributed by atoms with Crippen LogP contribution >= 0.6 is 7.82 Å². The van der Waals surface area contributed by atoms with E-state index in [1.807, 2.05) is 0 Å². The van der Waals surface area contributed by atoms with Gasteiger partial charge >= 0.3 is 7.82 Å². The number of hydrogen-bond donors (Lipinski definition) is 5. The first-order valence-electron chi connectivity index (χ1n) is 5.76. The number of nitrogens with two attached hydrogens (primary N) is 1. The molecule has 118 valence electrons. The Morgan fingerprint density at radius 3 is 2.71 bits per heavy atom. The first kappa shape index (κ1) is 16.0. The van der Waals surface area contributed by atoms with Crippen LogP contribution < -0.4 is 11.3 Å². The summed E-state index contributed by atoms with van der Waals surface area (Å²) >= 11 is 0. The average molecular weight is 323 g/mol. The normalized spacial score (nSPS) is 29.7. The van der Waals surface area contributed by atoms with Crippen molar-refractivity contribution in [2.24, 2.45) is 0 Å². The van der Waals surface area contributed by atoms with Crippen molar-refractivity contribution in [2.45, 2.75) is 24.5 Å². The van der Waals surface area contributed by atoms with Gasteiger partial charge in [-0.2, -0.15) is 4.98 Å². The molecule has 1 aliphatic rings. The molecule has 1 saturated heterocycles. The number of anilines is 1. The van der Waals surface area contributed by atoms with Gasteiger partial charge in [0.15, 0.2) is 6.23 Å². The number of phosphoric acid groups is 1. The maximum Gasteiger partial charge on any atom is 0.470 e. The molecule has 1 aromatic heterocycles. The number of nitrogen functional groups attached to an aromatic ring is 1. The minimum atomic E-state index is -4.90. The summed E-state index contributed by atoms with van der Waals surface area (Å²) in [5.41, 5.74) is 4.93. The summed E-state index contributed by atoms with van der Waals surface area (Å²) in [6.45, 7) is -0.647. The lowest BCUT2D eigenvalue weighted by molar-refractivity contribution is -0.0521. The Morgan fingerprint density at radius 1 is 1.52 bits per heavy atom. The Morgan fingerprint density at radius 2 is 2.19 bits per heavy atom. The molecule has 11 nitrogen and oxygen atoms in total. The Bertz CT molecular complexity index is 615. The number of hydrogen-bond acceptors (Lipinski definition) is 8. The lowest BCUT2D eigenvalue weighted by atomic mass is 10.1. The average Bonchev–Trinajstić information content (AvgIpc) is 2.65. The van der Waals surface area contributed by atoms with Crippen LogP contribution in [-0.4, -0.2) is 54.5 Å². The van der Waals surface area contributed by atoms with E-state index in [-0.39, 0.29) is 5.95 Å². The van der Waals surface area contributed by atoms with Crippen molar-refractivity contribution in [3.63, 3.8) is 0 Å². The summed E-state index contributed by atoms with van der Waals surface area (Å²) in [7, 11) is -4.90. The van der Waals surface area contributed by atoms with Crippen LogP contribution in [-0.2, 0) is 13.8 Å². The lowest BCUT2D eigenvalue weighted by Crippen LogP contribution is -2.35. The molecule has 0 saturated carbocycles. The summed E-state index contributed by atoms with van der Waals surface area (Å²) < 4.78 is 21.7. The molecule has 1 fully saturated rings. The van der Waals surface area contributed by atoms with Crippen LogP contribution in [0.2, 0.25) is 0 Å². The Kier molecular flexibility index (Phi) is 4.44. The van der Waals surface area contributed by atoms with Crippen molar-refractivity contribution in [1.82, 2.24) is 9.55 Å². The number of rotatable bonds is 4. The van der Waals surface area contributed by atoms with Crippen molar-refractivity contribution in [1.29, 1.82) is 0 Å². The molecule has 2 rings (SSSR count). The first-order valence-corrected chi connectivity index (χ1v) is 7.29. The van der Waals surface area contributed by atoms with Gasteiger partial charge < -0.3 is 30.5 Å². The molecule has 0 radical (unpaired) electrons. The van der Waals surface area contributed by atoms with E-state index in [9.17, 15) is 14.5 Å². The minimum absolute atomic E-state index is 0.264. The summed E-state index contributed by atoms with van der Waals surface area (Å²) in [4.78, 5) is 32.1. The summed E-state index contributed by atoms with van der Waals surface area (Å²) in [6, 6.07) is 1.07. The van der Waals surface area contributed by atoms with Crippen LogP contribution in [0.15, 0.2) is 17.1 Å². The van der Waals surface area contributed by atoms with Crippen LogP contribution in [0.5, 0.6) is 0 Å². The molecule has 2 heterocycles. The SMILES string of the molecule is Nc1nc(=O)ccn1[C@@H]1O[C@H](CO)[C@@H](OP(=O)(O)O)[C@H]1O. The van der Waals surface area contributed by atoms with Gasteiger partial charge in [0, 0.05) is 12.3 Å². The molecular weight excluding hydrogens is 309 g/mol. The van der Waals surface area contributed by atoms with Gasteiger partial charge in [0.25, 0.3) is 5.56 Å². The van der Waals surface area contributed by atoms with E-state index in [1.54, 1.807) is 0 Å². The zero-order valence-corrected chi connectivity index (χ0v) is 11.4. The van der Waals surface area contributed by atoms with Gasteiger partial charge in [0.05, 0.1) is 6.61 Å². The first-order chi connectivity index (χ1) is 9.73. The fraction of sp³-hybridized carbons (Fsp3) is 0.556. The van der Waals surface area contributed by atoms with E-state index in [1.165, 1.54) is 6.20 Å². The largest absolute Gasteiger partial charge is 0.470 e. The zero-order valence-electron chi connectivity index (χ0n) is 10.5. The number of phosphoric ester groups is 1. The zero-order chi connectivity index (χ0) is 15.8. The molecular formula is C9H14N3O8P. The van der Waals surface area contributed by atoms with Crippen molar-refractivity contribution >= 4 is 13.8 Å². The summed E-state index contributed by atoms with van der Waals surface area (Å²) in [5.74, 6) is -0.264. The Hall–Kier alpha value is -1.33. The second-order valence-corrected chi connectivity index (χ2v) is 5.52. The maximum absolute atomic E-state index is 11.0. The van der Waals surface area contributed by atoms with E-state index < -0.39 is 44.5 Å². The summed E-state index contributed by atoms with van der Waals surface area (Å²) in [5, 5.41) is 19.2. The fourth-order valence-electron chi connectivity index (χ4n) is 2.03. The number of ether oxygens (including phenoxy) is 1.